The van der Waals surface area contributed by atoms with E-state index in [1.165, 1.54) is 0 Å². The van der Waals surface area contributed by atoms with Crippen LogP contribution in [0.25, 0.3) is 0 Å². The zero-order valence-electron chi connectivity index (χ0n) is 7.98. The summed E-state index contributed by atoms with van der Waals surface area (Å²) in [6, 6.07) is 0. The molecule has 0 heterocycles. The molecule has 0 saturated carbocycles. The van der Waals surface area contributed by atoms with Gasteiger partial charge < -0.3 is 5.11 Å². The van der Waals surface area contributed by atoms with Crippen molar-refractivity contribution in [2.75, 3.05) is 0 Å². The molecule has 0 aliphatic heterocycles. The van der Waals surface area contributed by atoms with Gasteiger partial charge in [-0.25, -0.2) is 0 Å². The Labute approximate surface area is 73.3 Å². The van der Waals surface area contributed by atoms with Gasteiger partial charge in [0.1, 0.15) is 0 Å². The lowest BCUT2D eigenvalue weighted by Gasteiger charge is -2.26. The third-order valence-electron chi connectivity index (χ3n) is 2.13. The van der Waals surface area contributed by atoms with Crippen LogP contribution in [0.2, 0.25) is 0 Å². The molecule has 0 fully saturated rings. The molecule has 12 heavy (non-hydrogen) atoms. The van der Waals surface area contributed by atoms with E-state index in [4.69, 9.17) is 0 Å². The number of aliphatic hydroxyl groups is 1. The molecule has 1 N–H and O–H groups in total. The van der Waals surface area contributed by atoms with Crippen molar-refractivity contribution in [3.05, 3.63) is 11.3 Å². The normalized spacial score (nSPS) is 20.1. The topological polar surface area (TPSA) is 37.3 Å². The van der Waals surface area contributed by atoms with Gasteiger partial charge in [0.15, 0.2) is 5.78 Å². The van der Waals surface area contributed by atoms with Gasteiger partial charge in [-0.05, 0) is 11.8 Å². The number of aliphatic hydroxyl groups excluding tert-OH is 1. The number of carbonyl (C=O) groups is 1. The van der Waals surface area contributed by atoms with E-state index in [0.717, 1.165) is 6.42 Å². The van der Waals surface area contributed by atoms with Crippen LogP contribution in [-0.2, 0) is 4.79 Å². The predicted octanol–water partition coefficient (Wildman–Crippen LogP) is 2.60. The zero-order chi connectivity index (χ0) is 9.35. The number of hydrogen-bond acceptors (Lipinski definition) is 2. The second-order valence-electron chi connectivity index (χ2n) is 4.35. The molecule has 0 aromatic carbocycles. The van der Waals surface area contributed by atoms with E-state index in [2.05, 4.69) is 0 Å². The maximum absolute atomic E-state index is 11.4. The number of Topliss-reactive ketones (excluding diaryl/α,β-unsaturated/α-hetero) is 1. The van der Waals surface area contributed by atoms with Gasteiger partial charge in [-0.15, -0.1) is 0 Å². The monoisotopic (exact) mass is 168 g/mol. The minimum absolute atomic E-state index is 0.117. The highest BCUT2D eigenvalue weighted by Gasteiger charge is 2.29. The van der Waals surface area contributed by atoms with Gasteiger partial charge in [0.2, 0.25) is 0 Å². The highest BCUT2D eigenvalue weighted by molar-refractivity contribution is 5.97. The Hall–Kier alpha value is -0.790. The summed E-state index contributed by atoms with van der Waals surface area (Å²) in [6.07, 6.45) is 2.05. The lowest BCUT2D eigenvalue weighted by Crippen LogP contribution is -2.23. The predicted molar refractivity (Wildman–Crippen MR) is 48.0 cm³/mol. The molecule has 2 heteroatoms. The van der Waals surface area contributed by atoms with Gasteiger partial charge in [0, 0.05) is 18.4 Å². The van der Waals surface area contributed by atoms with Crippen molar-refractivity contribution in [1.29, 1.82) is 0 Å². The first-order valence-electron chi connectivity index (χ1n) is 4.38. The summed E-state index contributed by atoms with van der Waals surface area (Å²) >= 11 is 0. The SMILES string of the molecule is CC(C)(C)C1=C(O)CCCC1=O. The van der Waals surface area contributed by atoms with Gasteiger partial charge in [-0.1, -0.05) is 20.8 Å². The number of allylic oxidation sites excluding steroid dienone is 2. The molecule has 0 radical (unpaired) electrons. The highest BCUT2D eigenvalue weighted by Crippen LogP contribution is 2.33. The van der Waals surface area contributed by atoms with Crippen LogP contribution >= 0.6 is 0 Å². The average Bonchev–Trinajstić information content (AvgIpc) is 1.82. The van der Waals surface area contributed by atoms with Crippen LogP contribution in [0.1, 0.15) is 40.0 Å². The van der Waals surface area contributed by atoms with Gasteiger partial charge in [0.05, 0.1) is 5.76 Å². The Kier molecular flexibility index (Phi) is 2.27. The Bertz CT molecular complexity index is 231. The quantitative estimate of drug-likeness (QED) is 0.603. The average molecular weight is 168 g/mol. The van der Waals surface area contributed by atoms with Crippen molar-refractivity contribution < 1.29 is 9.90 Å². The smallest absolute Gasteiger partial charge is 0.162 e. The molecule has 68 valence electrons. The van der Waals surface area contributed by atoms with E-state index in [1.54, 1.807) is 0 Å². The maximum atomic E-state index is 11.4. The lowest BCUT2D eigenvalue weighted by molar-refractivity contribution is -0.117. The number of carbonyl (C=O) groups excluding carboxylic acids is 1. The van der Waals surface area contributed by atoms with Crippen molar-refractivity contribution in [3.63, 3.8) is 0 Å². The van der Waals surface area contributed by atoms with Crippen molar-refractivity contribution in [3.8, 4) is 0 Å². The Balaban J connectivity index is 3.05. The van der Waals surface area contributed by atoms with Gasteiger partial charge >= 0.3 is 0 Å². The summed E-state index contributed by atoms with van der Waals surface area (Å²) in [7, 11) is 0. The minimum atomic E-state index is -0.207. The molecule has 0 aromatic heterocycles. The number of hydrogen-bond donors (Lipinski definition) is 1. The number of ketones is 1. The fourth-order valence-corrected chi connectivity index (χ4v) is 1.68. The molecule has 0 saturated heterocycles. The molecule has 0 spiro atoms. The van der Waals surface area contributed by atoms with Crippen LogP contribution in [0, 0.1) is 5.41 Å². The summed E-state index contributed by atoms with van der Waals surface area (Å²) in [5.74, 6) is 0.421. The third kappa shape index (κ3) is 1.68. The molecule has 0 aromatic rings. The Morgan fingerprint density at radius 2 is 1.83 bits per heavy atom. The first-order valence-corrected chi connectivity index (χ1v) is 4.38. The summed E-state index contributed by atoms with van der Waals surface area (Å²) in [4.78, 5) is 11.4. The van der Waals surface area contributed by atoms with Crippen molar-refractivity contribution in [2.45, 2.75) is 40.0 Å². The lowest BCUT2D eigenvalue weighted by atomic mass is 9.78. The Morgan fingerprint density at radius 3 is 2.17 bits per heavy atom. The number of rotatable bonds is 0. The first-order chi connectivity index (χ1) is 5.43. The summed E-state index contributed by atoms with van der Waals surface area (Å²) < 4.78 is 0. The third-order valence-corrected chi connectivity index (χ3v) is 2.13. The first kappa shape index (κ1) is 9.30. The summed E-state index contributed by atoms with van der Waals surface area (Å²) in [5, 5.41) is 9.53. The van der Waals surface area contributed by atoms with Crippen LogP contribution in [0.5, 0.6) is 0 Å². The molecule has 0 amide bonds. The largest absolute Gasteiger partial charge is 0.512 e. The van der Waals surface area contributed by atoms with Crippen LogP contribution < -0.4 is 0 Å². The molecule has 2 nitrogen and oxygen atoms in total. The van der Waals surface area contributed by atoms with E-state index >= 15 is 0 Å². The molecule has 1 aliphatic rings. The van der Waals surface area contributed by atoms with Crippen molar-refractivity contribution in [1.82, 2.24) is 0 Å². The van der Waals surface area contributed by atoms with Crippen LogP contribution in [0.4, 0.5) is 0 Å². The molecule has 0 atom stereocenters. The molecular formula is C10H16O2. The van der Waals surface area contributed by atoms with E-state index in [0.29, 0.717) is 24.2 Å². The minimum Gasteiger partial charge on any atom is -0.512 e. The summed E-state index contributed by atoms with van der Waals surface area (Å²) in [5.41, 5.74) is 0.426. The Morgan fingerprint density at radius 1 is 1.25 bits per heavy atom. The van der Waals surface area contributed by atoms with Crippen LogP contribution in [-0.4, -0.2) is 10.9 Å². The fourth-order valence-electron chi connectivity index (χ4n) is 1.68. The van der Waals surface area contributed by atoms with E-state index in [-0.39, 0.29) is 11.2 Å². The molecule has 0 bridgehead atoms. The molecular weight excluding hydrogens is 152 g/mol. The highest BCUT2D eigenvalue weighted by atomic mass is 16.3. The van der Waals surface area contributed by atoms with Gasteiger partial charge in [-0.3, -0.25) is 4.79 Å². The zero-order valence-corrected chi connectivity index (χ0v) is 7.98. The van der Waals surface area contributed by atoms with Crippen molar-refractivity contribution >= 4 is 5.78 Å². The second kappa shape index (κ2) is 2.92. The van der Waals surface area contributed by atoms with Gasteiger partial charge in [0.25, 0.3) is 0 Å². The van der Waals surface area contributed by atoms with Crippen LogP contribution in [0.3, 0.4) is 0 Å². The maximum Gasteiger partial charge on any atom is 0.162 e. The standard InChI is InChI=1S/C10H16O2/c1-10(2,3)9-7(11)5-4-6-8(9)12/h11H,4-6H2,1-3H3. The second-order valence-corrected chi connectivity index (χ2v) is 4.35. The van der Waals surface area contributed by atoms with Crippen molar-refractivity contribution in [2.24, 2.45) is 5.41 Å². The van der Waals surface area contributed by atoms with E-state index < -0.39 is 0 Å². The van der Waals surface area contributed by atoms with E-state index in [9.17, 15) is 9.90 Å². The molecule has 1 rings (SSSR count). The molecule has 0 unspecified atom stereocenters. The van der Waals surface area contributed by atoms with Crippen LogP contribution in [0.15, 0.2) is 11.3 Å². The fraction of sp³-hybridized carbons (Fsp3) is 0.700. The van der Waals surface area contributed by atoms with Gasteiger partial charge in [-0.2, -0.15) is 0 Å². The molecule has 1 aliphatic carbocycles. The summed E-state index contributed by atoms with van der Waals surface area (Å²) in [6.45, 7) is 5.88. The van der Waals surface area contributed by atoms with E-state index in [1.807, 2.05) is 20.8 Å².